The van der Waals surface area contributed by atoms with Crippen LogP contribution < -0.4 is 20.1 Å². The van der Waals surface area contributed by atoms with Gasteiger partial charge in [-0.2, -0.15) is 36.3 Å². The Kier molecular flexibility index (Phi) is 19.7. The fraction of sp³-hybridized carbons (Fsp3) is 0.203. The smallest absolute Gasteiger partial charge is 0.416 e. The summed E-state index contributed by atoms with van der Waals surface area (Å²) in [4.78, 5) is 91.9. The van der Waals surface area contributed by atoms with E-state index in [1.165, 1.54) is 74.0 Å². The van der Waals surface area contributed by atoms with E-state index >= 15 is 0 Å². The number of benzene rings is 6. The summed E-state index contributed by atoms with van der Waals surface area (Å²) in [6.45, 7) is 2.08. The van der Waals surface area contributed by atoms with E-state index in [-0.39, 0.29) is 82.5 Å². The molecule has 27 heteroatoms. The van der Waals surface area contributed by atoms with E-state index in [2.05, 4.69) is 35.9 Å². The van der Waals surface area contributed by atoms with E-state index in [1.54, 1.807) is 60.7 Å². The van der Waals surface area contributed by atoms with Gasteiger partial charge < -0.3 is 49.2 Å². The highest BCUT2D eigenvalue weighted by Gasteiger charge is 2.36. The zero-order valence-corrected chi connectivity index (χ0v) is 48.3. The Morgan fingerprint density at radius 3 is 1.44 bits per heavy atom. The van der Waals surface area contributed by atoms with Crippen LogP contribution in [0, 0.1) is 0 Å². The van der Waals surface area contributed by atoms with Crippen molar-refractivity contribution >= 4 is 46.9 Å². The zero-order valence-electron chi connectivity index (χ0n) is 48.3. The van der Waals surface area contributed by atoms with Gasteiger partial charge in [-0.3, -0.25) is 33.8 Å². The average molecular weight is 1250 g/mol. The minimum absolute atomic E-state index is 0.0292. The van der Waals surface area contributed by atoms with Crippen molar-refractivity contribution < 1.29 is 83.8 Å². The van der Waals surface area contributed by atoms with Crippen molar-refractivity contribution in [3.05, 3.63) is 208 Å². The fourth-order valence-electron chi connectivity index (χ4n) is 9.19. The largest absolute Gasteiger partial charge is 0.497 e. The molecule has 0 aliphatic heterocycles. The van der Waals surface area contributed by atoms with Crippen molar-refractivity contribution in [3.63, 3.8) is 0 Å². The lowest BCUT2D eigenvalue weighted by molar-refractivity contribution is -0.139. The number of carboxylic acid groups (broad SMARTS) is 2. The molecule has 21 nitrogen and oxygen atoms in total. The second-order valence-electron chi connectivity index (χ2n) is 20.8. The van der Waals surface area contributed by atoms with E-state index < -0.39 is 85.0 Å². The molecule has 0 unspecified atom stereocenters. The number of carbonyl (C=O) groups is 6. The number of halogens is 6. The summed E-state index contributed by atoms with van der Waals surface area (Å²) in [5.74, 6) is -4.46. The lowest BCUT2D eigenvalue weighted by Crippen LogP contribution is -2.35. The van der Waals surface area contributed by atoms with E-state index in [9.17, 15) is 65.3 Å². The van der Waals surface area contributed by atoms with E-state index in [4.69, 9.17) is 18.5 Å². The average Bonchev–Trinajstić information content (AvgIpc) is 1.41. The molecule has 9 aromatic rings. The SMILES string of the molecule is COc1ccc(CC(=O)Nc2ccc(C(=O)N(CC(=O)O)Cc3ccc(-c4nc(-c5ccc(COc6ccc(CC(=O)Nc7ccc(C(=O)N(CC(=O)O)Cc8ccc(-c9nc(C(C)C)no9)cc8)cc7)c(C(F)(F)F)c6)nc5)no4)cc3)cc2)c(C(F)(F)F)c1. The number of nitrogens with zero attached hydrogens (tertiary/aromatic N) is 7. The van der Waals surface area contributed by atoms with E-state index in [1.807, 2.05) is 13.8 Å². The molecule has 0 spiro atoms. The monoisotopic (exact) mass is 1250 g/mol. The number of alkyl halides is 6. The lowest BCUT2D eigenvalue weighted by Gasteiger charge is -2.21. The molecule has 0 bridgehead atoms. The van der Waals surface area contributed by atoms with Gasteiger partial charge in [-0.15, -0.1) is 0 Å². The predicted octanol–water partition coefficient (Wildman–Crippen LogP) is 11.4. The molecule has 0 atom stereocenters. The molecular formula is C64H53F6N9O12. The van der Waals surface area contributed by atoms with Crippen LogP contribution in [0.3, 0.4) is 0 Å². The molecule has 0 saturated heterocycles. The van der Waals surface area contributed by atoms with Gasteiger partial charge in [0.15, 0.2) is 5.82 Å². The first-order valence-corrected chi connectivity index (χ1v) is 27.6. The van der Waals surface area contributed by atoms with Gasteiger partial charge in [0.25, 0.3) is 23.6 Å². The van der Waals surface area contributed by atoms with Crippen molar-refractivity contribution in [3.8, 4) is 45.8 Å². The summed E-state index contributed by atoms with van der Waals surface area (Å²) in [6, 6.07) is 33.7. The minimum atomic E-state index is -4.88. The summed E-state index contributed by atoms with van der Waals surface area (Å²) >= 11 is 0. The molecule has 0 aliphatic carbocycles. The third kappa shape index (κ3) is 16.9. The van der Waals surface area contributed by atoms with Crippen molar-refractivity contribution in [2.75, 3.05) is 30.8 Å². The highest BCUT2D eigenvalue weighted by atomic mass is 19.4. The molecule has 9 rings (SSSR count). The number of amides is 4. The summed E-state index contributed by atoms with van der Waals surface area (Å²) in [5, 5.41) is 32.3. The van der Waals surface area contributed by atoms with Crippen LogP contribution in [0.1, 0.15) is 85.4 Å². The van der Waals surface area contributed by atoms with Crippen LogP contribution in [0.25, 0.3) is 34.3 Å². The Morgan fingerprint density at radius 2 is 1.01 bits per heavy atom. The Hall–Kier alpha value is -11.3. The molecular weight excluding hydrogens is 1200 g/mol. The molecule has 3 aromatic heterocycles. The van der Waals surface area contributed by atoms with Gasteiger partial charge in [-0.1, -0.05) is 60.6 Å². The first-order chi connectivity index (χ1) is 43.3. The molecule has 0 aliphatic rings. The minimum Gasteiger partial charge on any atom is -0.497 e. The number of aliphatic carboxylic acids is 2. The zero-order chi connectivity index (χ0) is 65.1. The number of pyridine rings is 1. The number of anilines is 2. The molecule has 3 heterocycles. The number of aromatic nitrogens is 5. The molecule has 4 amide bonds. The van der Waals surface area contributed by atoms with E-state index in [0.29, 0.717) is 45.2 Å². The summed E-state index contributed by atoms with van der Waals surface area (Å²) in [6.07, 6.45) is -9.51. The quantitative estimate of drug-likeness (QED) is 0.0409. The van der Waals surface area contributed by atoms with E-state index in [0.717, 1.165) is 34.1 Å². The van der Waals surface area contributed by atoms with Crippen LogP contribution in [0.5, 0.6) is 11.5 Å². The van der Waals surface area contributed by atoms with Crippen LogP contribution in [0.2, 0.25) is 0 Å². The van der Waals surface area contributed by atoms with Crippen molar-refractivity contribution in [2.24, 2.45) is 0 Å². The molecule has 468 valence electrons. The molecule has 91 heavy (non-hydrogen) atoms. The maximum atomic E-state index is 14.4. The summed E-state index contributed by atoms with van der Waals surface area (Å²) in [7, 11) is 1.22. The topological polar surface area (TPSA) is 283 Å². The Labute approximate surface area is 513 Å². The van der Waals surface area contributed by atoms with Gasteiger partial charge in [-0.25, -0.2) is 0 Å². The number of ether oxygens (including phenoxy) is 2. The number of hydrogen-bond acceptors (Lipinski definition) is 15. The normalized spacial score (nSPS) is 11.5. The third-order valence-electron chi connectivity index (χ3n) is 13.8. The maximum absolute atomic E-state index is 14.4. The van der Waals surface area contributed by atoms with Crippen LogP contribution in [0.15, 0.2) is 161 Å². The Balaban J connectivity index is 0.756. The number of methoxy groups -OCH3 is 1. The number of carboxylic acids is 2. The molecule has 0 fully saturated rings. The second-order valence-corrected chi connectivity index (χ2v) is 20.8. The van der Waals surface area contributed by atoms with Gasteiger partial charge in [-0.05, 0) is 131 Å². The highest BCUT2D eigenvalue weighted by molar-refractivity contribution is 5.98. The number of nitrogens with one attached hydrogen (secondary N) is 2. The fourth-order valence-corrected chi connectivity index (χ4v) is 9.19. The predicted molar refractivity (Wildman–Crippen MR) is 313 cm³/mol. The molecule has 0 radical (unpaired) electrons. The van der Waals surface area contributed by atoms with Gasteiger partial charge >= 0.3 is 24.3 Å². The lowest BCUT2D eigenvalue weighted by atomic mass is 10.0. The summed E-state index contributed by atoms with van der Waals surface area (Å²) < 4.78 is 106. The van der Waals surface area contributed by atoms with Crippen LogP contribution in [-0.2, 0) is 64.1 Å². The number of hydrogen-bond donors (Lipinski definition) is 4. The van der Waals surface area contributed by atoms with Gasteiger partial charge in [0.05, 0.1) is 36.8 Å². The van der Waals surface area contributed by atoms with Gasteiger partial charge in [0.2, 0.25) is 17.6 Å². The molecule has 0 saturated carbocycles. The highest BCUT2D eigenvalue weighted by Crippen LogP contribution is 2.37. The van der Waals surface area contributed by atoms with Crippen LogP contribution in [-0.4, -0.2) is 101 Å². The summed E-state index contributed by atoms with van der Waals surface area (Å²) in [5.41, 5.74) is 0.704. The Bertz CT molecular complexity index is 4100. The van der Waals surface area contributed by atoms with Gasteiger partial charge in [0, 0.05) is 64.4 Å². The molecule has 6 aromatic carbocycles. The van der Waals surface area contributed by atoms with Gasteiger partial charge in [0.1, 0.15) is 31.2 Å². The van der Waals surface area contributed by atoms with Crippen molar-refractivity contribution in [1.29, 1.82) is 0 Å². The Morgan fingerprint density at radius 1 is 0.560 bits per heavy atom. The number of rotatable bonds is 24. The van der Waals surface area contributed by atoms with Crippen LogP contribution in [0.4, 0.5) is 37.7 Å². The maximum Gasteiger partial charge on any atom is 0.416 e. The first kappa shape index (κ1) is 64.2. The van der Waals surface area contributed by atoms with Crippen LogP contribution >= 0.6 is 0 Å². The first-order valence-electron chi connectivity index (χ1n) is 27.6. The molecule has 4 N–H and O–H groups in total. The van der Waals surface area contributed by atoms with Crippen molar-refractivity contribution in [2.45, 2.75) is 64.7 Å². The van der Waals surface area contributed by atoms with Crippen molar-refractivity contribution in [1.82, 2.24) is 35.1 Å². The number of carbonyl (C=O) groups excluding carboxylic acids is 4. The third-order valence-corrected chi connectivity index (χ3v) is 13.8. The standard InChI is InChI=1S/C64H53F6N9O12/c1-36(2)57-74-59(90-76-57)39-8-4-37(5-9-39)31-78(33-55(82)83)61(86)42-14-21-47(22-15-42)73-54(81)27-44-18-25-50(29-52(44)64(68,69)70)89-35-48-23-16-45(30-71-48)58-75-60(91-77-58)40-10-6-38(7-11-40)32-79(34-56(84)85)62(87)41-12-19-46(20-13-41)72-53(80)26-43-17-24-49(88-3)28-51(43)63(65,66)67/h4-25,28-30,36H,26-27,31-35H2,1-3H3,(H,72,80)(H,73,81)(H,82,83)(H,84,85). The second kappa shape index (κ2) is 27.8.